The molecule has 0 spiro atoms. The number of hydrogen-bond donors (Lipinski definition) is 5. The maximum atomic E-state index is 11.8. The molecule has 0 fully saturated rings. The molecule has 0 radical (unpaired) electrons. The first-order chi connectivity index (χ1) is 14.0. The van der Waals surface area contributed by atoms with Crippen LogP contribution in [0.3, 0.4) is 0 Å². The summed E-state index contributed by atoms with van der Waals surface area (Å²) < 4.78 is 4.58. The highest BCUT2D eigenvalue weighted by molar-refractivity contribution is 5.72. The van der Waals surface area contributed by atoms with Crippen LogP contribution < -0.4 is 22.1 Å². The summed E-state index contributed by atoms with van der Waals surface area (Å²) in [4.78, 5) is 35.1. The molecule has 4 rings (SSSR count). The Morgan fingerprint density at radius 2 is 1.72 bits per heavy atom. The van der Waals surface area contributed by atoms with E-state index in [9.17, 15) is 14.7 Å². The van der Waals surface area contributed by atoms with Crippen LogP contribution in [0.4, 0.5) is 23.0 Å². The predicted molar refractivity (Wildman–Crippen MR) is 99.3 cm³/mol. The molecule has 0 aliphatic rings. The number of benzene rings is 1. The number of aromatic amines is 2. The van der Waals surface area contributed by atoms with E-state index >= 15 is 0 Å². The summed E-state index contributed by atoms with van der Waals surface area (Å²) in [7, 11) is 0. The second kappa shape index (κ2) is 7.18. The first kappa shape index (κ1) is 17.8. The standard InChI is InChI=1S/C15H12N10O4/c1-6-2-4-7(5-3-6)20-22-9-10(17-12-11(16-9)24-29-25-12)23-21-8-13(26)18-15(28)19-14(8)27/h2-5,20H,1H3,(H,16,22,24)(H3,18,19,26,27,28). The van der Waals surface area contributed by atoms with Crippen LogP contribution >= 0.6 is 0 Å². The normalized spacial score (nSPS) is 11.2. The van der Waals surface area contributed by atoms with Gasteiger partial charge in [-0.15, -0.1) is 10.2 Å². The lowest BCUT2D eigenvalue weighted by molar-refractivity contribution is 0.314. The molecule has 3 aromatic heterocycles. The average molecular weight is 396 g/mol. The molecule has 0 bridgehead atoms. The third kappa shape index (κ3) is 3.75. The molecule has 5 N–H and O–H groups in total. The summed E-state index contributed by atoms with van der Waals surface area (Å²) in [5.74, 6) is -0.734. The van der Waals surface area contributed by atoms with E-state index in [0.29, 0.717) is 0 Å². The van der Waals surface area contributed by atoms with Crippen LogP contribution in [0.1, 0.15) is 5.56 Å². The fraction of sp³-hybridized carbons (Fsp3) is 0.0667. The van der Waals surface area contributed by atoms with Gasteiger partial charge in [-0.05, 0) is 29.4 Å². The predicted octanol–water partition coefficient (Wildman–Crippen LogP) is 1.26. The second-order valence-corrected chi connectivity index (χ2v) is 5.73. The van der Waals surface area contributed by atoms with Crippen LogP contribution in [0.5, 0.6) is 5.88 Å². The number of azo groups is 1. The molecular weight excluding hydrogens is 384 g/mol. The molecule has 0 unspecified atom stereocenters. The molecular formula is C15H12N10O4. The number of aromatic nitrogens is 6. The van der Waals surface area contributed by atoms with Crippen LogP contribution in [0.25, 0.3) is 11.3 Å². The summed E-state index contributed by atoms with van der Waals surface area (Å²) in [5, 5.41) is 24.4. The third-order valence-electron chi connectivity index (χ3n) is 3.62. The molecule has 3 heterocycles. The molecule has 14 heteroatoms. The van der Waals surface area contributed by atoms with Gasteiger partial charge in [0.05, 0.1) is 5.69 Å². The highest BCUT2D eigenvalue weighted by Gasteiger charge is 2.14. The maximum Gasteiger partial charge on any atom is 0.328 e. The summed E-state index contributed by atoms with van der Waals surface area (Å²) in [5.41, 5.74) is 5.39. The van der Waals surface area contributed by atoms with Crippen molar-refractivity contribution in [2.24, 2.45) is 10.2 Å². The summed E-state index contributed by atoms with van der Waals surface area (Å²) in [6, 6.07) is 7.49. The smallest absolute Gasteiger partial charge is 0.328 e. The Balaban J connectivity index is 1.69. The first-order valence-electron chi connectivity index (χ1n) is 8.06. The van der Waals surface area contributed by atoms with E-state index in [1.165, 1.54) is 0 Å². The first-order valence-corrected chi connectivity index (χ1v) is 8.06. The van der Waals surface area contributed by atoms with E-state index in [-0.39, 0.29) is 22.9 Å². The van der Waals surface area contributed by atoms with E-state index in [4.69, 9.17) is 0 Å². The van der Waals surface area contributed by atoms with E-state index in [1.54, 1.807) is 0 Å². The molecule has 0 aliphatic carbocycles. The lowest BCUT2D eigenvalue weighted by Gasteiger charge is -2.09. The Morgan fingerprint density at radius 1 is 1.00 bits per heavy atom. The van der Waals surface area contributed by atoms with E-state index in [1.807, 2.05) is 41.2 Å². The van der Waals surface area contributed by atoms with Gasteiger partial charge in [0.25, 0.3) is 5.56 Å². The van der Waals surface area contributed by atoms with Crippen LogP contribution in [0.2, 0.25) is 0 Å². The van der Waals surface area contributed by atoms with E-state index in [2.05, 4.69) is 46.0 Å². The Kier molecular flexibility index (Phi) is 4.40. The third-order valence-corrected chi connectivity index (χ3v) is 3.62. The van der Waals surface area contributed by atoms with Gasteiger partial charge < -0.3 is 5.11 Å². The number of hydrazine groups is 1. The molecule has 29 heavy (non-hydrogen) atoms. The van der Waals surface area contributed by atoms with Gasteiger partial charge in [0.15, 0.2) is 5.82 Å². The van der Waals surface area contributed by atoms with Crippen molar-refractivity contribution < 1.29 is 9.74 Å². The van der Waals surface area contributed by atoms with Crippen molar-refractivity contribution in [2.45, 2.75) is 6.92 Å². The Hall–Kier alpha value is -4.62. The fourth-order valence-electron chi connectivity index (χ4n) is 2.21. The molecule has 0 aliphatic heterocycles. The van der Waals surface area contributed by atoms with Crippen molar-refractivity contribution in [1.29, 1.82) is 0 Å². The number of H-pyrrole nitrogens is 2. The lowest BCUT2D eigenvalue weighted by atomic mass is 10.2. The number of anilines is 2. The van der Waals surface area contributed by atoms with E-state index in [0.717, 1.165) is 11.3 Å². The monoisotopic (exact) mass is 396 g/mol. The lowest BCUT2D eigenvalue weighted by Crippen LogP contribution is -2.20. The second-order valence-electron chi connectivity index (χ2n) is 5.73. The van der Waals surface area contributed by atoms with Crippen LogP contribution in [0.15, 0.2) is 48.7 Å². The Bertz CT molecular complexity index is 1320. The van der Waals surface area contributed by atoms with Gasteiger partial charge in [0.2, 0.25) is 28.7 Å². The minimum Gasteiger partial charge on any atom is -0.493 e. The van der Waals surface area contributed by atoms with Crippen molar-refractivity contribution in [3.8, 4) is 5.88 Å². The molecule has 1 aromatic carbocycles. The van der Waals surface area contributed by atoms with Gasteiger partial charge in [-0.25, -0.2) is 9.42 Å². The van der Waals surface area contributed by atoms with Gasteiger partial charge in [-0.3, -0.25) is 25.6 Å². The molecule has 0 amide bonds. The number of rotatable bonds is 5. The number of nitrogens with one attached hydrogen (secondary N) is 4. The number of aryl methyl sites for hydroxylation is 1. The molecule has 4 aromatic rings. The van der Waals surface area contributed by atoms with Gasteiger partial charge in [-0.1, -0.05) is 17.7 Å². The Labute approximate surface area is 159 Å². The van der Waals surface area contributed by atoms with Gasteiger partial charge in [-0.2, -0.15) is 9.97 Å². The topological polar surface area (TPSA) is 199 Å². The average Bonchev–Trinajstić information content (AvgIpc) is 3.13. The minimum atomic E-state index is -0.931. The van der Waals surface area contributed by atoms with Crippen molar-refractivity contribution in [3.05, 3.63) is 50.7 Å². The van der Waals surface area contributed by atoms with E-state index < -0.39 is 22.8 Å². The highest BCUT2D eigenvalue weighted by atomic mass is 16.6. The van der Waals surface area contributed by atoms with Gasteiger partial charge >= 0.3 is 5.69 Å². The summed E-state index contributed by atoms with van der Waals surface area (Å²) in [6.45, 7) is 1.96. The molecule has 14 nitrogen and oxygen atoms in total. The van der Waals surface area contributed by atoms with Crippen LogP contribution in [-0.2, 0) is 0 Å². The number of nitrogens with zero attached hydrogens (tertiary/aromatic N) is 6. The summed E-state index contributed by atoms with van der Waals surface area (Å²) >= 11 is 0. The van der Waals surface area contributed by atoms with Gasteiger partial charge in [0, 0.05) is 0 Å². The SMILES string of the molecule is Cc1ccc(NNc2nc3nonc3nc2N=Nc2c(O)[nH]c(=O)[nH]c2=O)cc1. The number of aromatic hydroxyl groups is 1. The summed E-state index contributed by atoms with van der Waals surface area (Å²) in [6.07, 6.45) is 0. The Morgan fingerprint density at radius 3 is 2.45 bits per heavy atom. The maximum absolute atomic E-state index is 11.8. The molecule has 0 saturated carbocycles. The minimum absolute atomic E-state index is 0.0550. The van der Waals surface area contributed by atoms with Crippen LogP contribution in [0, 0.1) is 6.92 Å². The molecule has 146 valence electrons. The zero-order chi connectivity index (χ0) is 20.4. The largest absolute Gasteiger partial charge is 0.493 e. The van der Waals surface area contributed by atoms with Crippen molar-refractivity contribution in [3.63, 3.8) is 0 Å². The zero-order valence-electron chi connectivity index (χ0n) is 14.7. The van der Waals surface area contributed by atoms with Gasteiger partial charge in [0.1, 0.15) is 0 Å². The molecule has 0 saturated heterocycles. The van der Waals surface area contributed by atoms with Crippen LogP contribution in [-0.4, -0.2) is 35.4 Å². The fourth-order valence-corrected chi connectivity index (χ4v) is 2.21. The zero-order valence-corrected chi connectivity index (χ0v) is 14.7. The quantitative estimate of drug-likeness (QED) is 0.241. The number of fused-ring (bicyclic) bond motifs is 1. The van der Waals surface area contributed by atoms with Crippen molar-refractivity contribution in [1.82, 2.24) is 30.2 Å². The van der Waals surface area contributed by atoms with Crippen molar-refractivity contribution in [2.75, 3.05) is 10.9 Å². The van der Waals surface area contributed by atoms with Crippen molar-refractivity contribution >= 4 is 34.3 Å². The number of hydrogen-bond acceptors (Lipinski definition) is 12. The highest BCUT2D eigenvalue weighted by Crippen LogP contribution is 2.26. The molecule has 0 atom stereocenters.